The largest absolute Gasteiger partial charge is 0.484 e. The van der Waals surface area contributed by atoms with Crippen molar-refractivity contribution in [3.63, 3.8) is 0 Å². The van der Waals surface area contributed by atoms with E-state index in [9.17, 15) is 9.59 Å². The molecule has 1 unspecified atom stereocenters. The van der Waals surface area contributed by atoms with E-state index in [4.69, 9.17) is 14.6 Å². The molecule has 0 spiro atoms. The van der Waals surface area contributed by atoms with Gasteiger partial charge in [-0.1, -0.05) is 32.0 Å². The Morgan fingerprint density at radius 3 is 2.43 bits per heavy atom. The van der Waals surface area contributed by atoms with Crippen molar-refractivity contribution in [2.75, 3.05) is 19.8 Å². The molecule has 0 saturated carbocycles. The molecule has 1 rings (SSSR count). The molecule has 6 nitrogen and oxygen atoms in total. The molecule has 0 heterocycles. The van der Waals surface area contributed by atoms with E-state index in [0.29, 0.717) is 18.3 Å². The third-order valence-electron chi connectivity index (χ3n) is 2.48. The molecule has 0 aromatic heterocycles. The van der Waals surface area contributed by atoms with Gasteiger partial charge >= 0.3 is 5.97 Å². The molecule has 0 saturated heterocycles. The van der Waals surface area contributed by atoms with Crippen LogP contribution in [0.2, 0.25) is 0 Å². The number of benzene rings is 1. The molecule has 0 aliphatic rings. The number of aliphatic carboxylic acids is 1. The van der Waals surface area contributed by atoms with Gasteiger partial charge < -0.3 is 19.9 Å². The Kier molecular flexibility index (Phi) is 7.25. The Morgan fingerprint density at radius 1 is 1.19 bits per heavy atom. The van der Waals surface area contributed by atoms with Crippen LogP contribution >= 0.6 is 0 Å². The minimum absolute atomic E-state index is 0.0649. The van der Waals surface area contributed by atoms with Crippen molar-refractivity contribution in [3.8, 4) is 5.75 Å². The maximum atomic E-state index is 11.7. The van der Waals surface area contributed by atoms with Crippen LogP contribution in [0.1, 0.15) is 13.8 Å². The number of amides is 1. The maximum absolute atomic E-state index is 11.7. The van der Waals surface area contributed by atoms with Gasteiger partial charge in [0.25, 0.3) is 5.91 Å². The van der Waals surface area contributed by atoms with E-state index in [-0.39, 0.29) is 13.2 Å². The van der Waals surface area contributed by atoms with Gasteiger partial charge in [-0.25, -0.2) is 4.79 Å². The summed E-state index contributed by atoms with van der Waals surface area (Å²) in [5.74, 6) is -0.779. The molecule has 1 atom stereocenters. The van der Waals surface area contributed by atoms with Crippen molar-refractivity contribution >= 4 is 11.9 Å². The number of rotatable bonds is 9. The molecule has 1 amide bonds. The van der Waals surface area contributed by atoms with Crippen LogP contribution in [0.15, 0.2) is 30.3 Å². The molecular weight excluding hydrogens is 274 g/mol. The predicted molar refractivity (Wildman–Crippen MR) is 77.2 cm³/mol. The second-order valence-electron chi connectivity index (χ2n) is 4.99. The maximum Gasteiger partial charge on any atom is 0.328 e. The van der Waals surface area contributed by atoms with E-state index >= 15 is 0 Å². The first-order chi connectivity index (χ1) is 9.99. The van der Waals surface area contributed by atoms with E-state index < -0.39 is 17.9 Å². The normalized spacial score (nSPS) is 12.0. The molecule has 0 fully saturated rings. The topological polar surface area (TPSA) is 84.9 Å². The summed E-state index contributed by atoms with van der Waals surface area (Å²) in [6, 6.07) is 7.76. The van der Waals surface area contributed by atoms with Crippen molar-refractivity contribution in [1.29, 1.82) is 0 Å². The van der Waals surface area contributed by atoms with E-state index in [1.807, 2.05) is 19.9 Å². The predicted octanol–water partition coefficient (Wildman–Crippen LogP) is 1.31. The average Bonchev–Trinajstić information content (AvgIpc) is 2.44. The second-order valence-corrected chi connectivity index (χ2v) is 4.99. The van der Waals surface area contributed by atoms with Crippen LogP contribution in [0.25, 0.3) is 0 Å². The van der Waals surface area contributed by atoms with Crippen LogP contribution in [0, 0.1) is 5.92 Å². The number of carbonyl (C=O) groups is 2. The number of para-hydroxylation sites is 1. The van der Waals surface area contributed by atoms with Gasteiger partial charge in [-0.15, -0.1) is 0 Å². The smallest absolute Gasteiger partial charge is 0.328 e. The minimum atomic E-state index is -1.13. The molecule has 1 aromatic rings. The lowest BCUT2D eigenvalue weighted by Gasteiger charge is -2.16. The fourth-order valence-corrected chi connectivity index (χ4v) is 1.50. The van der Waals surface area contributed by atoms with Crippen molar-refractivity contribution in [3.05, 3.63) is 30.3 Å². The molecule has 6 heteroatoms. The van der Waals surface area contributed by atoms with Gasteiger partial charge in [-0.05, 0) is 18.1 Å². The molecular formula is C15H21NO5. The summed E-state index contributed by atoms with van der Waals surface area (Å²) in [5, 5.41) is 11.4. The highest BCUT2D eigenvalue weighted by atomic mass is 16.5. The van der Waals surface area contributed by atoms with E-state index in [0.717, 1.165) is 0 Å². The Morgan fingerprint density at radius 2 is 1.86 bits per heavy atom. The zero-order valence-electron chi connectivity index (χ0n) is 12.2. The van der Waals surface area contributed by atoms with Crippen molar-refractivity contribution in [2.24, 2.45) is 5.92 Å². The Hall–Kier alpha value is -2.08. The van der Waals surface area contributed by atoms with Gasteiger partial charge in [0.1, 0.15) is 5.75 Å². The zero-order chi connectivity index (χ0) is 15.7. The molecule has 2 N–H and O–H groups in total. The summed E-state index contributed by atoms with van der Waals surface area (Å²) in [4.78, 5) is 22.7. The quantitative estimate of drug-likeness (QED) is 0.717. The Bertz CT molecular complexity index is 447. The van der Waals surface area contributed by atoms with Gasteiger partial charge in [0.05, 0.1) is 6.61 Å². The van der Waals surface area contributed by atoms with Crippen molar-refractivity contribution in [2.45, 2.75) is 19.9 Å². The fraction of sp³-hybridized carbons (Fsp3) is 0.467. The second kappa shape index (κ2) is 8.97. The minimum Gasteiger partial charge on any atom is -0.484 e. The lowest BCUT2D eigenvalue weighted by molar-refractivity contribution is -0.144. The van der Waals surface area contributed by atoms with Crippen LogP contribution in [0.4, 0.5) is 0 Å². The SMILES string of the molecule is CC(C)COCC(NC(=O)COc1ccccc1)C(=O)O. The molecule has 1 aromatic carbocycles. The lowest BCUT2D eigenvalue weighted by Crippen LogP contribution is -2.46. The monoisotopic (exact) mass is 295 g/mol. The highest BCUT2D eigenvalue weighted by molar-refractivity contribution is 5.84. The summed E-state index contributed by atoms with van der Waals surface area (Å²) >= 11 is 0. The first-order valence-corrected chi connectivity index (χ1v) is 6.76. The molecule has 21 heavy (non-hydrogen) atoms. The molecule has 0 aliphatic heterocycles. The van der Waals surface area contributed by atoms with Crippen LogP contribution < -0.4 is 10.1 Å². The number of carbonyl (C=O) groups excluding carboxylic acids is 1. The fourth-order valence-electron chi connectivity index (χ4n) is 1.50. The van der Waals surface area contributed by atoms with Gasteiger partial charge in [0, 0.05) is 6.61 Å². The van der Waals surface area contributed by atoms with Gasteiger partial charge in [-0.2, -0.15) is 0 Å². The summed E-state index contributed by atoms with van der Waals surface area (Å²) < 4.78 is 10.5. The van der Waals surface area contributed by atoms with E-state index in [1.165, 1.54) is 0 Å². The summed E-state index contributed by atoms with van der Waals surface area (Å²) in [7, 11) is 0. The third kappa shape index (κ3) is 7.31. The number of carboxylic acids is 1. The molecule has 116 valence electrons. The highest BCUT2D eigenvalue weighted by Gasteiger charge is 2.20. The number of carboxylic acid groups (broad SMARTS) is 1. The van der Waals surface area contributed by atoms with E-state index in [2.05, 4.69) is 5.32 Å². The first kappa shape index (κ1) is 17.0. The highest BCUT2D eigenvalue weighted by Crippen LogP contribution is 2.07. The van der Waals surface area contributed by atoms with Crippen molar-refractivity contribution in [1.82, 2.24) is 5.32 Å². The Balaban J connectivity index is 2.36. The Labute approximate surface area is 124 Å². The molecule has 0 aliphatic carbocycles. The van der Waals surface area contributed by atoms with Crippen molar-refractivity contribution < 1.29 is 24.2 Å². The van der Waals surface area contributed by atoms with Crippen LogP contribution in [0.3, 0.4) is 0 Å². The summed E-state index contributed by atoms with van der Waals surface area (Å²) in [6.45, 7) is 4.06. The van der Waals surface area contributed by atoms with Gasteiger partial charge in [0.2, 0.25) is 0 Å². The number of hydrogen-bond donors (Lipinski definition) is 2. The number of ether oxygens (including phenoxy) is 2. The average molecular weight is 295 g/mol. The van der Waals surface area contributed by atoms with Gasteiger partial charge in [-0.3, -0.25) is 4.79 Å². The third-order valence-corrected chi connectivity index (χ3v) is 2.48. The van der Waals surface area contributed by atoms with Crippen LogP contribution in [-0.4, -0.2) is 42.8 Å². The lowest BCUT2D eigenvalue weighted by atomic mass is 10.2. The van der Waals surface area contributed by atoms with Crippen LogP contribution in [-0.2, 0) is 14.3 Å². The summed E-state index contributed by atoms with van der Waals surface area (Å²) in [6.07, 6.45) is 0. The van der Waals surface area contributed by atoms with Gasteiger partial charge in [0.15, 0.2) is 12.6 Å². The molecule has 0 radical (unpaired) electrons. The van der Waals surface area contributed by atoms with Crippen LogP contribution in [0.5, 0.6) is 5.75 Å². The first-order valence-electron chi connectivity index (χ1n) is 6.76. The standard InChI is InChI=1S/C15H21NO5/c1-11(2)8-20-9-13(15(18)19)16-14(17)10-21-12-6-4-3-5-7-12/h3-7,11,13H,8-10H2,1-2H3,(H,16,17)(H,18,19). The summed E-state index contributed by atoms with van der Waals surface area (Å²) in [5.41, 5.74) is 0. The van der Waals surface area contributed by atoms with E-state index in [1.54, 1.807) is 24.3 Å². The zero-order valence-corrected chi connectivity index (χ0v) is 12.2. The molecule has 0 bridgehead atoms. The number of nitrogens with one attached hydrogen (secondary N) is 1. The number of hydrogen-bond acceptors (Lipinski definition) is 4.